The number of nitrogens with zero attached hydrogens (tertiary/aromatic N) is 2. The lowest BCUT2D eigenvalue weighted by atomic mass is 9.96. The van der Waals surface area contributed by atoms with E-state index in [0.717, 1.165) is 38.8 Å². The molecule has 1 rings (SSSR count). The summed E-state index contributed by atoms with van der Waals surface area (Å²) in [6.45, 7) is 5.75. The molecule has 1 aliphatic carbocycles. The number of hydrogen-bond donors (Lipinski definition) is 1. The summed E-state index contributed by atoms with van der Waals surface area (Å²) in [5.41, 5.74) is 5.66. The average molecular weight is 241 g/mol. The van der Waals surface area contributed by atoms with E-state index in [1.54, 1.807) is 0 Å². The molecule has 0 aromatic rings. The number of hydrogen-bond acceptors (Lipinski definition) is 3. The molecule has 0 bridgehead atoms. The van der Waals surface area contributed by atoms with Crippen molar-refractivity contribution in [1.82, 2.24) is 9.80 Å². The number of rotatable bonds is 5. The van der Waals surface area contributed by atoms with Gasteiger partial charge in [0.2, 0.25) is 5.91 Å². The largest absolute Gasteiger partial charge is 0.337 e. The maximum Gasteiger partial charge on any atom is 0.242 e. The van der Waals surface area contributed by atoms with Crippen molar-refractivity contribution in [3.05, 3.63) is 0 Å². The molecule has 1 unspecified atom stereocenters. The SMILES string of the molecule is CCN(C(=O)C1(N)CCCC1)C(C)CN(C)C. The van der Waals surface area contributed by atoms with Gasteiger partial charge in [0.15, 0.2) is 0 Å². The molecule has 100 valence electrons. The molecule has 2 N–H and O–H groups in total. The number of carbonyl (C=O) groups excluding carboxylic acids is 1. The van der Waals surface area contributed by atoms with E-state index in [2.05, 4.69) is 11.8 Å². The molecule has 1 amide bonds. The molecule has 0 saturated heterocycles. The zero-order valence-corrected chi connectivity index (χ0v) is 11.7. The van der Waals surface area contributed by atoms with Crippen LogP contribution >= 0.6 is 0 Å². The van der Waals surface area contributed by atoms with Gasteiger partial charge in [-0.3, -0.25) is 4.79 Å². The normalized spacial score (nSPS) is 20.6. The highest BCUT2D eigenvalue weighted by molar-refractivity contribution is 5.86. The van der Waals surface area contributed by atoms with E-state index < -0.39 is 5.54 Å². The van der Waals surface area contributed by atoms with Gasteiger partial charge in [0.25, 0.3) is 0 Å². The molecule has 1 saturated carbocycles. The summed E-state index contributed by atoms with van der Waals surface area (Å²) in [6, 6.07) is 0.225. The molecule has 0 aromatic carbocycles. The summed E-state index contributed by atoms with van der Waals surface area (Å²) in [4.78, 5) is 16.5. The molecule has 1 aliphatic rings. The number of amides is 1. The Labute approximate surface area is 105 Å². The summed E-state index contributed by atoms with van der Waals surface area (Å²) in [5.74, 6) is 0.145. The second-order valence-electron chi connectivity index (χ2n) is 5.57. The first-order chi connectivity index (χ1) is 7.90. The van der Waals surface area contributed by atoms with Crippen molar-refractivity contribution in [2.24, 2.45) is 5.73 Å². The second kappa shape index (κ2) is 5.83. The molecular weight excluding hydrogens is 214 g/mol. The van der Waals surface area contributed by atoms with Crippen molar-refractivity contribution < 1.29 is 4.79 Å². The minimum atomic E-state index is -0.587. The molecule has 1 atom stereocenters. The van der Waals surface area contributed by atoms with Gasteiger partial charge in [-0.1, -0.05) is 12.8 Å². The molecule has 0 aromatic heterocycles. The van der Waals surface area contributed by atoms with Crippen molar-refractivity contribution >= 4 is 5.91 Å². The van der Waals surface area contributed by atoms with Gasteiger partial charge in [0, 0.05) is 19.1 Å². The molecular formula is C13H27N3O. The lowest BCUT2D eigenvalue weighted by Crippen LogP contribution is -2.57. The fourth-order valence-electron chi connectivity index (χ4n) is 2.79. The first-order valence-electron chi connectivity index (χ1n) is 6.65. The number of carbonyl (C=O) groups is 1. The van der Waals surface area contributed by atoms with Crippen molar-refractivity contribution in [2.75, 3.05) is 27.2 Å². The van der Waals surface area contributed by atoms with Gasteiger partial charge in [-0.2, -0.15) is 0 Å². The minimum absolute atomic E-state index is 0.145. The van der Waals surface area contributed by atoms with Gasteiger partial charge in [0.1, 0.15) is 0 Å². The summed E-state index contributed by atoms with van der Waals surface area (Å²) < 4.78 is 0. The zero-order chi connectivity index (χ0) is 13.1. The van der Waals surface area contributed by atoms with E-state index in [9.17, 15) is 4.79 Å². The third kappa shape index (κ3) is 3.42. The lowest BCUT2D eigenvalue weighted by molar-refractivity contribution is -0.138. The van der Waals surface area contributed by atoms with Crippen LogP contribution in [0.3, 0.4) is 0 Å². The van der Waals surface area contributed by atoms with Crippen LogP contribution in [0.25, 0.3) is 0 Å². The smallest absolute Gasteiger partial charge is 0.242 e. The Balaban J connectivity index is 2.69. The van der Waals surface area contributed by atoms with Crippen molar-refractivity contribution in [1.29, 1.82) is 0 Å². The van der Waals surface area contributed by atoms with E-state index in [-0.39, 0.29) is 11.9 Å². The van der Waals surface area contributed by atoms with Crippen molar-refractivity contribution in [3.8, 4) is 0 Å². The Bertz CT molecular complexity index is 259. The van der Waals surface area contributed by atoms with Crippen LogP contribution in [0.15, 0.2) is 0 Å². The first kappa shape index (κ1) is 14.5. The molecule has 17 heavy (non-hydrogen) atoms. The Morgan fingerprint density at radius 3 is 2.29 bits per heavy atom. The quantitative estimate of drug-likeness (QED) is 0.783. The monoisotopic (exact) mass is 241 g/mol. The molecule has 0 radical (unpaired) electrons. The first-order valence-corrected chi connectivity index (χ1v) is 6.65. The molecule has 1 fully saturated rings. The Morgan fingerprint density at radius 1 is 1.35 bits per heavy atom. The van der Waals surface area contributed by atoms with Crippen LogP contribution in [0, 0.1) is 0 Å². The average Bonchev–Trinajstić information content (AvgIpc) is 2.66. The van der Waals surface area contributed by atoms with Gasteiger partial charge in [-0.15, -0.1) is 0 Å². The highest BCUT2D eigenvalue weighted by Gasteiger charge is 2.40. The number of likely N-dealkylation sites (N-methyl/N-ethyl adjacent to an activating group) is 2. The molecule has 0 heterocycles. The van der Waals surface area contributed by atoms with Crippen LogP contribution in [0.2, 0.25) is 0 Å². The topological polar surface area (TPSA) is 49.6 Å². The summed E-state index contributed by atoms with van der Waals surface area (Å²) in [6.07, 6.45) is 3.86. The Hall–Kier alpha value is -0.610. The molecule has 4 nitrogen and oxygen atoms in total. The van der Waals surface area contributed by atoms with Crippen LogP contribution < -0.4 is 5.73 Å². The van der Waals surface area contributed by atoms with E-state index in [1.807, 2.05) is 25.9 Å². The van der Waals surface area contributed by atoms with Crippen LogP contribution in [0.5, 0.6) is 0 Å². The van der Waals surface area contributed by atoms with Crippen LogP contribution in [0.1, 0.15) is 39.5 Å². The Kier molecular flexibility index (Phi) is 4.95. The maximum absolute atomic E-state index is 12.5. The van der Waals surface area contributed by atoms with Gasteiger partial charge in [-0.25, -0.2) is 0 Å². The molecule has 0 spiro atoms. The van der Waals surface area contributed by atoms with Gasteiger partial charge in [0.05, 0.1) is 5.54 Å². The molecule has 4 heteroatoms. The highest BCUT2D eigenvalue weighted by Crippen LogP contribution is 2.29. The fraction of sp³-hybridized carbons (Fsp3) is 0.923. The fourth-order valence-corrected chi connectivity index (χ4v) is 2.79. The van der Waals surface area contributed by atoms with E-state index >= 15 is 0 Å². The summed E-state index contributed by atoms with van der Waals surface area (Å²) in [5, 5.41) is 0. The lowest BCUT2D eigenvalue weighted by Gasteiger charge is -2.36. The second-order valence-corrected chi connectivity index (χ2v) is 5.57. The predicted molar refractivity (Wildman–Crippen MR) is 70.8 cm³/mol. The van der Waals surface area contributed by atoms with Gasteiger partial charge < -0.3 is 15.5 Å². The number of nitrogens with two attached hydrogens (primary N) is 1. The standard InChI is InChI=1S/C13H27N3O/c1-5-16(11(2)10-15(3)4)12(17)13(14)8-6-7-9-13/h11H,5-10,14H2,1-4H3. The predicted octanol–water partition coefficient (Wildman–Crippen LogP) is 1.06. The van der Waals surface area contributed by atoms with Crippen molar-refractivity contribution in [3.63, 3.8) is 0 Å². The van der Waals surface area contributed by atoms with Gasteiger partial charge >= 0.3 is 0 Å². The maximum atomic E-state index is 12.5. The highest BCUT2D eigenvalue weighted by atomic mass is 16.2. The van der Waals surface area contributed by atoms with Crippen molar-refractivity contribution in [2.45, 2.75) is 51.1 Å². The third-order valence-corrected chi connectivity index (χ3v) is 3.68. The van der Waals surface area contributed by atoms with Gasteiger partial charge in [-0.05, 0) is 40.8 Å². The van der Waals surface area contributed by atoms with E-state index in [0.29, 0.717) is 0 Å². The molecule has 0 aliphatic heterocycles. The minimum Gasteiger partial charge on any atom is -0.337 e. The van der Waals surface area contributed by atoms with Crippen LogP contribution in [-0.4, -0.2) is 54.5 Å². The van der Waals surface area contributed by atoms with Crippen LogP contribution in [-0.2, 0) is 4.79 Å². The third-order valence-electron chi connectivity index (χ3n) is 3.68. The Morgan fingerprint density at radius 2 is 1.88 bits per heavy atom. The van der Waals surface area contributed by atoms with Crippen LogP contribution in [0.4, 0.5) is 0 Å². The van der Waals surface area contributed by atoms with E-state index in [4.69, 9.17) is 5.73 Å². The summed E-state index contributed by atoms with van der Waals surface area (Å²) in [7, 11) is 4.06. The zero-order valence-electron chi connectivity index (χ0n) is 11.7. The van der Waals surface area contributed by atoms with E-state index in [1.165, 1.54) is 0 Å². The summed E-state index contributed by atoms with van der Waals surface area (Å²) >= 11 is 0.